The molecule has 0 aliphatic carbocycles. The van der Waals surface area contributed by atoms with Gasteiger partial charge in [-0.15, -0.1) is 0 Å². The van der Waals surface area contributed by atoms with Crippen LogP contribution in [0, 0.1) is 12.7 Å². The Morgan fingerprint density at radius 3 is 2.70 bits per heavy atom. The van der Waals surface area contributed by atoms with Crippen molar-refractivity contribution in [3.8, 4) is 0 Å². The first-order chi connectivity index (χ1) is 9.38. The van der Waals surface area contributed by atoms with E-state index in [1.807, 2.05) is 0 Å². The van der Waals surface area contributed by atoms with Crippen LogP contribution in [0.3, 0.4) is 0 Å². The lowest BCUT2D eigenvalue weighted by Gasteiger charge is -2.10. The Kier molecular flexibility index (Phi) is 4.30. The molecular weight excluding hydrogens is 347 g/mol. The Morgan fingerprint density at radius 2 is 2.05 bits per heavy atom. The molecule has 2 aromatic rings. The summed E-state index contributed by atoms with van der Waals surface area (Å²) >= 11 is 8.88. The second kappa shape index (κ2) is 5.81. The van der Waals surface area contributed by atoms with E-state index in [1.54, 1.807) is 19.1 Å². The molecule has 6 heteroatoms. The molecule has 3 N–H and O–H groups in total. The molecule has 0 atom stereocenters. The SMILES string of the molecule is Cc1c(N)cc(Br)cc1C(=O)Nc1ccc(Cl)c(F)c1. The molecule has 0 unspecified atom stereocenters. The maximum absolute atomic E-state index is 13.3. The molecule has 0 radical (unpaired) electrons. The number of amides is 1. The topological polar surface area (TPSA) is 55.1 Å². The van der Waals surface area contributed by atoms with Gasteiger partial charge < -0.3 is 11.1 Å². The fraction of sp³-hybridized carbons (Fsp3) is 0.0714. The predicted molar refractivity (Wildman–Crippen MR) is 82.7 cm³/mol. The van der Waals surface area contributed by atoms with Crippen molar-refractivity contribution in [2.75, 3.05) is 11.1 Å². The van der Waals surface area contributed by atoms with Gasteiger partial charge in [0.25, 0.3) is 5.91 Å². The van der Waals surface area contributed by atoms with Crippen molar-refractivity contribution < 1.29 is 9.18 Å². The summed E-state index contributed by atoms with van der Waals surface area (Å²) in [6, 6.07) is 7.45. The van der Waals surface area contributed by atoms with Gasteiger partial charge in [-0.25, -0.2) is 4.39 Å². The van der Waals surface area contributed by atoms with Crippen molar-refractivity contribution in [3.63, 3.8) is 0 Å². The van der Waals surface area contributed by atoms with E-state index < -0.39 is 5.82 Å². The molecule has 0 aliphatic heterocycles. The molecule has 3 nitrogen and oxygen atoms in total. The molecule has 0 heterocycles. The van der Waals surface area contributed by atoms with Crippen LogP contribution in [0.1, 0.15) is 15.9 Å². The highest BCUT2D eigenvalue weighted by Gasteiger charge is 2.13. The highest BCUT2D eigenvalue weighted by molar-refractivity contribution is 9.10. The van der Waals surface area contributed by atoms with Crippen LogP contribution < -0.4 is 11.1 Å². The molecule has 0 aromatic heterocycles. The maximum atomic E-state index is 13.3. The molecule has 0 fully saturated rings. The summed E-state index contributed by atoms with van der Waals surface area (Å²) in [5, 5.41) is 2.61. The fourth-order valence-corrected chi connectivity index (χ4v) is 2.30. The summed E-state index contributed by atoms with van der Waals surface area (Å²) in [6.45, 7) is 1.75. The summed E-state index contributed by atoms with van der Waals surface area (Å²) in [5.41, 5.74) is 7.73. The Labute approximate surface area is 129 Å². The van der Waals surface area contributed by atoms with Crippen LogP contribution in [0.5, 0.6) is 0 Å². The largest absolute Gasteiger partial charge is 0.398 e. The lowest BCUT2D eigenvalue weighted by molar-refractivity contribution is 0.102. The molecule has 1 amide bonds. The Morgan fingerprint density at radius 1 is 1.35 bits per heavy atom. The number of hydrogen-bond donors (Lipinski definition) is 2. The highest BCUT2D eigenvalue weighted by atomic mass is 79.9. The summed E-state index contributed by atoms with van der Waals surface area (Å²) < 4.78 is 14.0. The number of carbonyl (C=O) groups excluding carboxylic acids is 1. The minimum absolute atomic E-state index is 0.00544. The number of nitrogen functional groups attached to an aromatic ring is 1. The second-order valence-electron chi connectivity index (χ2n) is 4.25. The van der Waals surface area contributed by atoms with Gasteiger partial charge in [-0.1, -0.05) is 27.5 Å². The molecule has 104 valence electrons. The standard InChI is InChI=1S/C14H11BrClFN2O/c1-7-10(4-8(15)5-13(7)18)14(20)19-9-2-3-11(16)12(17)6-9/h2-6H,18H2,1H3,(H,19,20). The van der Waals surface area contributed by atoms with Gasteiger partial charge in [-0.3, -0.25) is 4.79 Å². The minimum Gasteiger partial charge on any atom is -0.398 e. The molecule has 2 aromatic carbocycles. The molecule has 0 saturated carbocycles. The van der Waals surface area contributed by atoms with Gasteiger partial charge in [-0.2, -0.15) is 0 Å². The van der Waals surface area contributed by atoms with Crippen LogP contribution in [-0.2, 0) is 0 Å². The number of anilines is 2. The summed E-state index contributed by atoms with van der Waals surface area (Å²) in [7, 11) is 0. The first-order valence-electron chi connectivity index (χ1n) is 5.70. The monoisotopic (exact) mass is 356 g/mol. The van der Waals surface area contributed by atoms with Gasteiger partial charge in [-0.05, 0) is 42.8 Å². The molecule has 0 bridgehead atoms. The molecule has 2 rings (SSSR count). The van der Waals surface area contributed by atoms with Crippen molar-refractivity contribution in [3.05, 3.63) is 56.8 Å². The zero-order chi connectivity index (χ0) is 14.9. The first-order valence-corrected chi connectivity index (χ1v) is 6.87. The highest BCUT2D eigenvalue weighted by Crippen LogP contribution is 2.24. The van der Waals surface area contributed by atoms with Gasteiger partial charge in [0.1, 0.15) is 5.82 Å². The Balaban J connectivity index is 2.30. The lowest BCUT2D eigenvalue weighted by Crippen LogP contribution is -2.14. The predicted octanol–water partition coefficient (Wildman–Crippen LogP) is 4.38. The summed E-state index contributed by atoms with van der Waals surface area (Å²) in [6.07, 6.45) is 0. The second-order valence-corrected chi connectivity index (χ2v) is 5.57. The van der Waals surface area contributed by atoms with Crippen molar-refractivity contribution in [2.24, 2.45) is 0 Å². The van der Waals surface area contributed by atoms with Crippen LogP contribution >= 0.6 is 27.5 Å². The number of benzene rings is 2. The van der Waals surface area contributed by atoms with E-state index >= 15 is 0 Å². The zero-order valence-corrected chi connectivity index (χ0v) is 12.8. The average molecular weight is 358 g/mol. The summed E-state index contributed by atoms with van der Waals surface area (Å²) in [4.78, 5) is 12.2. The van der Waals surface area contributed by atoms with Crippen molar-refractivity contribution in [2.45, 2.75) is 6.92 Å². The minimum atomic E-state index is -0.588. The molecule has 0 aliphatic rings. The quantitative estimate of drug-likeness (QED) is 0.783. The van der Waals surface area contributed by atoms with Crippen LogP contribution in [0.15, 0.2) is 34.8 Å². The van der Waals surface area contributed by atoms with E-state index in [9.17, 15) is 9.18 Å². The van der Waals surface area contributed by atoms with Crippen LogP contribution in [-0.4, -0.2) is 5.91 Å². The van der Waals surface area contributed by atoms with Crippen molar-refractivity contribution in [1.82, 2.24) is 0 Å². The van der Waals surface area contributed by atoms with Gasteiger partial charge in [0.15, 0.2) is 0 Å². The number of hydrogen-bond acceptors (Lipinski definition) is 2. The van der Waals surface area contributed by atoms with E-state index in [-0.39, 0.29) is 10.9 Å². The normalized spacial score (nSPS) is 10.4. The van der Waals surface area contributed by atoms with E-state index in [2.05, 4.69) is 21.2 Å². The number of halogens is 3. The smallest absolute Gasteiger partial charge is 0.256 e. The number of nitrogens with one attached hydrogen (secondary N) is 1. The maximum Gasteiger partial charge on any atom is 0.256 e. The first kappa shape index (κ1) is 14.8. The number of nitrogens with two attached hydrogens (primary N) is 1. The number of rotatable bonds is 2. The van der Waals surface area contributed by atoms with Gasteiger partial charge in [0.2, 0.25) is 0 Å². The Bertz CT molecular complexity index is 691. The van der Waals surface area contributed by atoms with Crippen LogP contribution in [0.2, 0.25) is 5.02 Å². The lowest BCUT2D eigenvalue weighted by atomic mass is 10.1. The summed E-state index contributed by atoms with van der Waals surface area (Å²) in [5.74, 6) is -0.952. The Hall–Kier alpha value is -1.59. The molecule has 20 heavy (non-hydrogen) atoms. The van der Waals surface area contributed by atoms with Gasteiger partial charge >= 0.3 is 0 Å². The van der Waals surface area contributed by atoms with Gasteiger partial charge in [0, 0.05) is 21.4 Å². The van der Waals surface area contributed by atoms with E-state index in [4.69, 9.17) is 17.3 Å². The third-order valence-electron chi connectivity index (χ3n) is 2.83. The van der Waals surface area contributed by atoms with Crippen molar-refractivity contribution in [1.29, 1.82) is 0 Å². The van der Waals surface area contributed by atoms with Crippen LogP contribution in [0.4, 0.5) is 15.8 Å². The van der Waals surface area contributed by atoms with Crippen LogP contribution in [0.25, 0.3) is 0 Å². The molecular formula is C14H11BrClFN2O. The fourth-order valence-electron chi connectivity index (χ4n) is 1.71. The zero-order valence-electron chi connectivity index (χ0n) is 10.5. The van der Waals surface area contributed by atoms with Gasteiger partial charge in [0.05, 0.1) is 5.02 Å². The molecule has 0 spiro atoms. The van der Waals surface area contributed by atoms with Crippen molar-refractivity contribution >= 4 is 44.8 Å². The third-order valence-corrected chi connectivity index (χ3v) is 3.60. The van der Waals surface area contributed by atoms with E-state index in [0.717, 1.165) is 6.07 Å². The number of carbonyl (C=O) groups is 1. The molecule has 0 saturated heterocycles. The van der Waals surface area contributed by atoms with E-state index in [1.165, 1.54) is 12.1 Å². The van der Waals surface area contributed by atoms with E-state index in [0.29, 0.717) is 27.0 Å². The average Bonchev–Trinajstić information content (AvgIpc) is 2.38. The third kappa shape index (κ3) is 3.11.